The lowest BCUT2D eigenvalue weighted by molar-refractivity contribution is -0.00505. The number of rotatable bonds is 7. The molecule has 0 radical (unpaired) electrons. The van der Waals surface area contributed by atoms with Crippen molar-refractivity contribution in [1.82, 2.24) is 20.2 Å². The Balaban J connectivity index is 1.41. The van der Waals surface area contributed by atoms with Crippen molar-refractivity contribution in [3.8, 4) is 0 Å². The zero-order chi connectivity index (χ0) is 27.7. The first-order chi connectivity index (χ1) is 17.8. The first-order valence-electron chi connectivity index (χ1n) is 13.3. The van der Waals surface area contributed by atoms with Crippen molar-refractivity contribution in [3.63, 3.8) is 0 Å². The number of carbonyl (C=O) groups excluding carboxylic acids is 2. The molecule has 0 bridgehead atoms. The molecule has 0 spiro atoms. The zero-order valence-corrected chi connectivity index (χ0v) is 23.2. The van der Waals surface area contributed by atoms with Crippen molar-refractivity contribution in [2.75, 3.05) is 6.54 Å². The van der Waals surface area contributed by atoms with Gasteiger partial charge < -0.3 is 20.2 Å². The molecule has 4 rings (SSSR count). The third kappa shape index (κ3) is 7.30. The van der Waals surface area contributed by atoms with E-state index < -0.39 is 23.4 Å². The number of amides is 2. The Morgan fingerprint density at radius 2 is 1.61 bits per heavy atom. The first-order valence-corrected chi connectivity index (χ1v) is 13.3. The molecule has 204 valence electrons. The minimum absolute atomic E-state index is 0.118. The number of ether oxygens (including phenoxy) is 2. The van der Waals surface area contributed by atoms with E-state index in [2.05, 4.69) is 10.3 Å². The molecule has 1 aromatic heterocycles. The molecule has 0 saturated heterocycles. The van der Waals surface area contributed by atoms with Crippen LogP contribution in [-0.2, 0) is 9.47 Å². The molecular formula is C29H39N5O4. The van der Waals surface area contributed by atoms with Crippen molar-refractivity contribution in [2.24, 2.45) is 11.8 Å². The summed E-state index contributed by atoms with van der Waals surface area (Å²) in [7, 11) is 0. The molecule has 2 aliphatic rings. The molecule has 1 aromatic carbocycles. The van der Waals surface area contributed by atoms with Gasteiger partial charge in [0.1, 0.15) is 11.2 Å². The molecule has 2 amide bonds. The largest absolute Gasteiger partial charge is 0.443 e. The van der Waals surface area contributed by atoms with Gasteiger partial charge in [-0.3, -0.25) is 4.98 Å². The number of nitrogens with zero attached hydrogens (tertiary/aromatic N) is 3. The smallest absolute Gasteiger partial charge is 0.419 e. The predicted octanol–water partition coefficient (Wildman–Crippen LogP) is 5.94. The zero-order valence-electron chi connectivity index (χ0n) is 23.2. The molecule has 1 heterocycles. The number of hydrogen-bond acceptors (Lipinski definition) is 8. The molecule has 38 heavy (non-hydrogen) atoms. The summed E-state index contributed by atoms with van der Waals surface area (Å²) in [6, 6.07) is 7.87. The molecule has 2 fully saturated rings. The Hall–Kier alpha value is -3.49. The summed E-state index contributed by atoms with van der Waals surface area (Å²) in [4.78, 5) is 36.0. The monoisotopic (exact) mass is 521 g/mol. The Morgan fingerprint density at radius 1 is 1.03 bits per heavy atom. The van der Waals surface area contributed by atoms with Gasteiger partial charge in [-0.05, 0) is 85.3 Å². The van der Waals surface area contributed by atoms with E-state index in [4.69, 9.17) is 19.9 Å². The van der Waals surface area contributed by atoms with Crippen LogP contribution < -0.4 is 5.32 Å². The van der Waals surface area contributed by atoms with Crippen LogP contribution in [0.3, 0.4) is 0 Å². The molecule has 2 saturated carbocycles. The lowest BCUT2D eigenvalue weighted by Crippen LogP contribution is -2.50. The van der Waals surface area contributed by atoms with E-state index in [0.29, 0.717) is 11.4 Å². The number of nitrogens with one attached hydrogen (secondary N) is 2. The van der Waals surface area contributed by atoms with Gasteiger partial charge in [-0.2, -0.15) is 0 Å². The molecule has 9 heteroatoms. The average molecular weight is 522 g/mol. The lowest BCUT2D eigenvalue weighted by atomic mass is 9.80. The van der Waals surface area contributed by atoms with Crippen molar-refractivity contribution >= 4 is 34.5 Å². The van der Waals surface area contributed by atoms with Gasteiger partial charge in [0.05, 0.1) is 22.9 Å². The average Bonchev–Trinajstić information content (AvgIpc) is 3.62. The second kappa shape index (κ2) is 10.7. The maximum atomic E-state index is 12.8. The number of para-hydroxylation sites is 2. The van der Waals surface area contributed by atoms with E-state index in [1.165, 1.54) is 0 Å². The van der Waals surface area contributed by atoms with Gasteiger partial charge in [0, 0.05) is 36.0 Å². The van der Waals surface area contributed by atoms with E-state index in [9.17, 15) is 9.59 Å². The molecule has 9 nitrogen and oxygen atoms in total. The number of benzene rings is 1. The summed E-state index contributed by atoms with van der Waals surface area (Å²) < 4.78 is 10.9. The Morgan fingerprint density at radius 3 is 2.16 bits per heavy atom. The summed E-state index contributed by atoms with van der Waals surface area (Å²) in [6.45, 7) is 10.8. The number of fused-ring (bicyclic) bond motifs is 1. The first kappa shape index (κ1) is 27.5. The van der Waals surface area contributed by atoms with Gasteiger partial charge in [-0.15, -0.1) is 0 Å². The van der Waals surface area contributed by atoms with Crippen LogP contribution in [-0.4, -0.2) is 56.6 Å². The molecule has 0 unspecified atom stereocenters. The van der Waals surface area contributed by atoms with Gasteiger partial charge in [-0.1, -0.05) is 12.1 Å². The lowest BCUT2D eigenvalue weighted by Gasteiger charge is -2.38. The second-order valence-corrected chi connectivity index (χ2v) is 12.3. The van der Waals surface area contributed by atoms with Gasteiger partial charge in [0.2, 0.25) is 0 Å². The third-order valence-electron chi connectivity index (χ3n) is 6.37. The Labute approximate surface area is 224 Å². The predicted molar refractivity (Wildman–Crippen MR) is 147 cm³/mol. The van der Waals surface area contributed by atoms with Crippen molar-refractivity contribution in [2.45, 2.75) is 84.5 Å². The summed E-state index contributed by atoms with van der Waals surface area (Å²) in [6.07, 6.45) is 5.81. The molecule has 2 aromatic rings. The standard InChI is InChI=1S/C29H39N5O4/c1-28(2,3)37-26(35)34(27(36)38-29(4,5)6)17-18-13-20(14-18)31-15-21(25(30)19-11-12-19)24-16-32-22-9-7-8-10-23(22)33-24/h7-10,15-16,18-20,30-31H,11-14,17H2,1-6H3/b21-15-,30-25?. The number of imide groups is 1. The molecule has 0 aliphatic heterocycles. The fraction of sp³-hybridized carbons (Fsp3) is 0.552. The highest BCUT2D eigenvalue weighted by Gasteiger charge is 2.37. The van der Waals surface area contributed by atoms with Gasteiger partial charge in [0.25, 0.3) is 0 Å². The number of carbonyl (C=O) groups is 2. The quantitative estimate of drug-likeness (QED) is 0.433. The topological polar surface area (TPSA) is 118 Å². The van der Waals surface area contributed by atoms with Crippen molar-refractivity contribution in [3.05, 3.63) is 42.4 Å². The minimum atomic E-state index is -0.722. The fourth-order valence-electron chi connectivity index (χ4n) is 4.31. The summed E-state index contributed by atoms with van der Waals surface area (Å²) in [5, 5.41) is 12.2. The highest BCUT2D eigenvalue weighted by Crippen LogP contribution is 2.35. The number of aromatic nitrogens is 2. The van der Waals surface area contributed by atoms with Crippen LogP contribution in [0.5, 0.6) is 0 Å². The molecule has 2 aliphatic carbocycles. The van der Waals surface area contributed by atoms with Crippen LogP contribution in [0, 0.1) is 17.2 Å². The second-order valence-electron chi connectivity index (χ2n) is 12.3. The molecular weight excluding hydrogens is 482 g/mol. The van der Waals surface area contributed by atoms with Crippen LogP contribution >= 0.6 is 0 Å². The number of allylic oxidation sites excluding steroid dienone is 1. The SMILES string of the molecule is CC(C)(C)OC(=O)N(CC1CC(N/C=C(\C(=N)C2CC2)c2cnc3ccccc3n2)C1)C(=O)OC(C)(C)C. The summed E-state index contributed by atoms with van der Waals surface area (Å²) in [5.41, 5.74) is 2.21. The van der Waals surface area contributed by atoms with E-state index in [1.54, 1.807) is 47.7 Å². The van der Waals surface area contributed by atoms with Crippen LogP contribution in [0.1, 0.15) is 72.9 Å². The van der Waals surface area contributed by atoms with Crippen LogP contribution in [0.4, 0.5) is 9.59 Å². The van der Waals surface area contributed by atoms with E-state index in [1.807, 2.05) is 30.5 Å². The minimum Gasteiger partial charge on any atom is -0.443 e. The highest BCUT2D eigenvalue weighted by atomic mass is 16.6. The van der Waals surface area contributed by atoms with E-state index in [0.717, 1.165) is 47.2 Å². The van der Waals surface area contributed by atoms with Crippen LogP contribution in [0.2, 0.25) is 0 Å². The van der Waals surface area contributed by atoms with Crippen molar-refractivity contribution in [1.29, 1.82) is 5.41 Å². The van der Waals surface area contributed by atoms with Crippen LogP contribution in [0.25, 0.3) is 16.6 Å². The molecule has 0 atom stereocenters. The third-order valence-corrected chi connectivity index (χ3v) is 6.37. The van der Waals surface area contributed by atoms with E-state index in [-0.39, 0.29) is 24.4 Å². The fourth-order valence-corrected chi connectivity index (χ4v) is 4.31. The Kier molecular flexibility index (Phi) is 7.76. The molecule has 2 N–H and O–H groups in total. The van der Waals surface area contributed by atoms with Gasteiger partial charge in [-0.25, -0.2) is 19.5 Å². The van der Waals surface area contributed by atoms with Gasteiger partial charge in [0.15, 0.2) is 0 Å². The number of hydrogen-bond donors (Lipinski definition) is 2. The maximum absolute atomic E-state index is 12.8. The Bertz CT molecular complexity index is 1210. The summed E-state index contributed by atoms with van der Waals surface area (Å²) in [5.74, 6) is 0.384. The van der Waals surface area contributed by atoms with E-state index >= 15 is 0 Å². The maximum Gasteiger partial charge on any atom is 0.419 e. The van der Waals surface area contributed by atoms with Gasteiger partial charge >= 0.3 is 12.2 Å². The van der Waals surface area contributed by atoms with Crippen molar-refractivity contribution < 1.29 is 19.1 Å². The summed E-state index contributed by atoms with van der Waals surface area (Å²) >= 11 is 0. The van der Waals surface area contributed by atoms with Crippen LogP contribution in [0.15, 0.2) is 36.7 Å². The normalized spacial score (nSPS) is 19.9. The highest BCUT2D eigenvalue weighted by molar-refractivity contribution is 6.23.